The number of H-pyrrole nitrogens is 2. The fourth-order valence-corrected chi connectivity index (χ4v) is 5.85. The molecule has 2 aliphatic rings. The third-order valence-electron chi connectivity index (χ3n) is 7.30. The van der Waals surface area contributed by atoms with E-state index in [1.54, 1.807) is 6.08 Å². The van der Waals surface area contributed by atoms with Gasteiger partial charge in [-0.15, -0.1) is 0 Å². The lowest BCUT2D eigenvalue weighted by atomic mass is 9.98. The van der Waals surface area contributed by atoms with Crippen LogP contribution in [0.2, 0.25) is 0 Å². The molecule has 9 atom stereocenters. The van der Waals surface area contributed by atoms with Crippen molar-refractivity contribution in [1.29, 1.82) is 0 Å². The van der Waals surface area contributed by atoms with Crippen LogP contribution in [-0.4, -0.2) is 102 Å². The van der Waals surface area contributed by atoms with E-state index in [1.165, 1.54) is 44.4 Å². The van der Waals surface area contributed by atoms with Crippen LogP contribution in [0.15, 0.2) is 56.0 Å². The lowest BCUT2D eigenvalue weighted by Gasteiger charge is -2.24. The number of urea groups is 1. The van der Waals surface area contributed by atoms with E-state index in [9.17, 15) is 33.4 Å². The van der Waals surface area contributed by atoms with Crippen LogP contribution in [-0.2, 0) is 37.3 Å². The van der Waals surface area contributed by atoms with Crippen LogP contribution in [0.4, 0.5) is 4.79 Å². The van der Waals surface area contributed by atoms with Crippen molar-refractivity contribution in [3.63, 3.8) is 0 Å². The Labute approximate surface area is 259 Å². The number of phosphoric acid groups is 1. The number of carbonyl (C=O) groups excluding carboxylic acids is 1. The molecule has 46 heavy (non-hydrogen) atoms. The number of aromatic amines is 2. The minimum absolute atomic E-state index is 0.118. The number of phosphoric ester groups is 1. The maximum atomic E-state index is 12.7. The Morgan fingerprint density at radius 2 is 1.50 bits per heavy atom. The van der Waals surface area contributed by atoms with Gasteiger partial charge in [0.2, 0.25) is 0 Å². The summed E-state index contributed by atoms with van der Waals surface area (Å²) >= 11 is 0. The number of aromatic nitrogens is 4. The average Bonchev–Trinajstić information content (AvgIpc) is 3.52. The topological polar surface area (TPSA) is 253 Å². The maximum absolute atomic E-state index is 12.7. The number of methoxy groups -OCH3 is 3. The van der Waals surface area contributed by atoms with E-state index in [0.29, 0.717) is 0 Å². The van der Waals surface area contributed by atoms with E-state index < -0.39 is 85.2 Å². The highest BCUT2D eigenvalue weighted by Gasteiger charge is 2.50. The Morgan fingerprint density at radius 1 is 0.935 bits per heavy atom. The molecule has 5 N–H and O–H groups in total. The van der Waals surface area contributed by atoms with E-state index in [4.69, 9.17) is 28.2 Å². The van der Waals surface area contributed by atoms with Crippen LogP contribution >= 0.6 is 7.82 Å². The van der Waals surface area contributed by atoms with Crippen molar-refractivity contribution in [2.24, 2.45) is 5.92 Å². The standard InChI is InChI=1S/C25H35N6O14P/c1-39-12-15-13(18(40-2)21(44-15)30-9-6-16(32)28-24(30)35)5-8-26-23(34)27-11-14-19(45-46(37,38)42-4)20(41-3)22(43-14)31-10-7-17(33)29-25(31)36/h5-10,13-15,18-22H,11-12H2,1-4H3,(H,37,38)(H2,26,27,34)(H,28,32,35)(H,29,33,36)/b8-5+/t13-,14-,15-,18-,19-,20-,21-,22-/m1/s1. The molecule has 2 aromatic heterocycles. The number of ether oxygens (including phenoxy) is 5. The van der Waals surface area contributed by atoms with Gasteiger partial charge in [-0.3, -0.25) is 37.7 Å². The Kier molecular flexibility index (Phi) is 11.6. The third kappa shape index (κ3) is 7.97. The minimum Gasteiger partial charge on any atom is -0.382 e. The molecule has 2 amide bonds. The largest absolute Gasteiger partial charge is 0.472 e. The molecule has 0 spiro atoms. The van der Waals surface area contributed by atoms with Gasteiger partial charge in [0.25, 0.3) is 11.1 Å². The predicted octanol–water partition coefficient (Wildman–Crippen LogP) is -1.88. The molecular formula is C25H35N6O14P. The molecule has 4 rings (SSSR count). The van der Waals surface area contributed by atoms with E-state index >= 15 is 0 Å². The maximum Gasteiger partial charge on any atom is 0.472 e. The normalized spacial score (nSPS) is 29.2. The summed E-state index contributed by atoms with van der Waals surface area (Å²) in [5, 5.41) is 5.07. The highest BCUT2D eigenvalue weighted by molar-refractivity contribution is 7.47. The van der Waals surface area contributed by atoms with Crippen LogP contribution in [0.5, 0.6) is 0 Å². The molecule has 4 heterocycles. The second kappa shape index (κ2) is 15.2. The average molecular weight is 675 g/mol. The molecule has 1 unspecified atom stereocenters. The van der Waals surface area contributed by atoms with Gasteiger partial charge in [0, 0.05) is 71.6 Å². The second-order valence-electron chi connectivity index (χ2n) is 10.0. The number of carbonyl (C=O) groups is 1. The van der Waals surface area contributed by atoms with Gasteiger partial charge in [-0.05, 0) is 0 Å². The summed E-state index contributed by atoms with van der Waals surface area (Å²) in [6, 6.07) is 1.53. The Bertz CT molecular complexity index is 1670. The molecule has 20 nitrogen and oxygen atoms in total. The number of hydrogen-bond donors (Lipinski definition) is 5. The fourth-order valence-electron chi connectivity index (χ4n) is 5.20. The summed E-state index contributed by atoms with van der Waals surface area (Å²) in [4.78, 5) is 74.9. The SMILES string of the molecule is COC[C@H]1O[C@@H](n2ccc(=O)[nH]c2=O)[C@H](OC)[C@@H]1/C=C/NC(=O)NC[C@H]1O[C@@H](n2ccc(=O)[nH]c2=O)[C@H](OC)[C@@H]1OP(=O)(O)OC. The minimum atomic E-state index is -4.60. The molecular weight excluding hydrogens is 639 g/mol. The molecule has 2 aliphatic heterocycles. The molecule has 0 aromatic carbocycles. The number of amides is 2. The van der Waals surface area contributed by atoms with Crippen molar-refractivity contribution in [3.05, 3.63) is 78.5 Å². The summed E-state index contributed by atoms with van der Waals surface area (Å²) < 4.78 is 52.5. The molecule has 0 bridgehead atoms. The first-order valence-corrected chi connectivity index (χ1v) is 15.2. The van der Waals surface area contributed by atoms with Crippen LogP contribution < -0.4 is 33.1 Å². The van der Waals surface area contributed by atoms with Crippen molar-refractivity contribution in [2.75, 3.05) is 41.6 Å². The van der Waals surface area contributed by atoms with Gasteiger partial charge < -0.3 is 39.2 Å². The van der Waals surface area contributed by atoms with Crippen LogP contribution in [0.3, 0.4) is 0 Å². The van der Waals surface area contributed by atoms with Gasteiger partial charge in [0.15, 0.2) is 12.5 Å². The summed E-state index contributed by atoms with van der Waals surface area (Å²) in [5.41, 5.74) is -2.76. The van der Waals surface area contributed by atoms with E-state index in [0.717, 1.165) is 23.9 Å². The van der Waals surface area contributed by atoms with Gasteiger partial charge in [0.1, 0.15) is 24.4 Å². The third-order valence-corrected chi connectivity index (χ3v) is 8.27. The van der Waals surface area contributed by atoms with Crippen molar-refractivity contribution >= 4 is 13.9 Å². The van der Waals surface area contributed by atoms with E-state index in [-0.39, 0.29) is 13.2 Å². The molecule has 0 radical (unpaired) electrons. The molecule has 2 aromatic rings. The van der Waals surface area contributed by atoms with Gasteiger partial charge in [-0.2, -0.15) is 0 Å². The highest BCUT2D eigenvalue weighted by Crippen LogP contribution is 2.48. The van der Waals surface area contributed by atoms with Crippen LogP contribution in [0.25, 0.3) is 0 Å². The first kappa shape index (κ1) is 35.1. The van der Waals surface area contributed by atoms with Crippen LogP contribution in [0.1, 0.15) is 12.5 Å². The van der Waals surface area contributed by atoms with Gasteiger partial charge in [-0.1, -0.05) is 6.08 Å². The lowest BCUT2D eigenvalue weighted by molar-refractivity contribution is -0.0666. The lowest BCUT2D eigenvalue weighted by Crippen LogP contribution is -2.44. The summed E-state index contributed by atoms with van der Waals surface area (Å²) in [6.07, 6.45) is -1.70. The number of nitrogens with one attached hydrogen (secondary N) is 4. The van der Waals surface area contributed by atoms with Crippen molar-refractivity contribution < 1.29 is 47.0 Å². The van der Waals surface area contributed by atoms with E-state index in [1.807, 2.05) is 0 Å². The summed E-state index contributed by atoms with van der Waals surface area (Å²) in [6.45, 7) is -0.175. The smallest absolute Gasteiger partial charge is 0.382 e. The monoisotopic (exact) mass is 674 g/mol. The quantitative estimate of drug-likeness (QED) is 0.146. The van der Waals surface area contributed by atoms with Gasteiger partial charge in [0.05, 0.1) is 12.7 Å². The predicted molar refractivity (Wildman–Crippen MR) is 155 cm³/mol. The first-order chi connectivity index (χ1) is 21.9. The van der Waals surface area contributed by atoms with Crippen molar-refractivity contribution in [2.45, 2.75) is 43.0 Å². The Morgan fingerprint density at radius 3 is 2.02 bits per heavy atom. The zero-order chi connectivity index (χ0) is 33.6. The molecule has 21 heteroatoms. The highest BCUT2D eigenvalue weighted by atomic mass is 31.2. The zero-order valence-electron chi connectivity index (χ0n) is 25.1. The molecule has 254 valence electrons. The van der Waals surface area contributed by atoms with Crippen LogP contribution in [0, 0.1) is 5.92 Å². The molecule has 2 fully saturated rings. The second-order valence-corrected chi connectivity index (χ2v) is 11.5. The molecule has 0 saturated carbocycles. The Balaban J connectivity index is 1.46. The summed E-state index contributed by atoms with van der Waals surface area (Å²) in [5.74, 6) is -0.517. The Hall–Kier alpha value is -3.72. The first-order valence-electron chi connectivity index (χ1n) is 13.7. The van der Waals surface area contributed by atoms with E-state index in [2.05, 4.69) is 25.1 Å². The zero-order valence-corrected chi connectivity index (χ0v) is 26.0. The number of nitrogens with zero attached hydrogens (tertiary/aromatic N) is 2. The fraction of sp³-hybridized carbons (Fsp3) is 0.560. The molecule has 0 aliphatic carbocycles. The van der Waals surface area contributed by atoms with Crippen molar-refractivity contribution in [1.82, 2.24) is 29.7 Å². The number of rotatable bonds is 13. The summed E-state index contributed by atoms with van der Waals surface area (Å²) in [7, 11) is 0.501. The van der Waals surface area contributed by atoms with Gasteiger partial charge in [-0.25, -0.2) is 18.9 Å². The van der Waals surface area contributed by atoms with Gasteiger partial charge >= 0.3 is 25.2 Å². The van der Waals surface area contributed by atoms with Crippen molar-refractivity contribution in [3.8, 4) is 0 Å². The number of hydrogen-bond acceptors (Lipinski definition) is 13. The molecule has 2 saturated heterocycles.